The molecule has 0 aliphatic carbocycles. The van der Waals surface area contributed by atoms with E-state index in [2.05, 4.69) is 20.6 Å². The number of carbonyl (C=O) groups is 1. The average molecular weight is 453 g/mol. The summed E-state index contributed by atoms with van der Waals surface area (Å²) in [7, 11) is 0. The molecule has 0 fully saturated rings. The number of nitrogens with one attached hydrogen (secondary N) is 1. The van der Waals surface area contributed by atoms with Gasteiger partial charge >= 0.3 is 0 Å². The first-order valence-electron chi connectivity index (χ1n) is 9.72. The van der Waals surface area contributed by atoms with Gasteiger partial charge in [-0.25, -0.2) is 4.98 Å². The van der Waals surface area contributed by atoms with Gasteiger partial charge in [0.1, 0.15) is 12.9 Å². The number of nitrogens with zero attached hydrogens (tertiary/aromatic N) is 5. The number of hydrogen-bond donors (Lipinski definition) is 1. The van der Waals surface area contributed by atoms with Gasteiger partial charge in [-0.15, -0.1) is 5.10 Å². The van der Waals surface area contributed by atoms with E-state index in [-0.39, 0.29) is 37.0 Å². The fourth-order valence-electron chi connectivity index (χ4n) is 3.31. The summed E-state index contributed by atoms with van der Waals surface area (Å²) in [6, 6.07) is 10.8. The van der Waals surface area contributed by atoms with Crippen LogP contribution in [0.5, 0.6) is 11.5 Å². The van der Waals surface area contributed by atoms with Crippen molar-refractivity contribution in [1.82, 2.24) is 29.9 Å². The normalized spacial score (nSPS) is 12.3. The predicted octanol–water partition coefficient (Wildman–Crippen LogP) is 1.98. The van der Waals surface area contributed by atoms with E-state index in [9.17, 15) is 9.59 Å². The Morgan fingerprint density at radius 1 is 1.19 bits per heavy atom. The molecule has 1 N–H and O–H groups in total. The number of amides is 1. The third-order valence-electron chi connectivity index (χ3n) is 5.07. The van der Waals surface area contributed by atoms with E-state index in [1.54, 1.807) is 18.2 Å². The lowest BCUT2D eigenvalue weighted by Gasteiger charge is -2.08. The van der Waals surface area contributed by atoms with E-state index in [4.69, 9.17) is 21.1 Å². The summed E-state index contributed by atoms with van der Waals surface area (Å²) < 4.78 is 13.2. The first-order chi connectivity index (χ1) is 15.5. The Morgan fingerprint density at radius 3 is 2.88 bits per heavy atom. The zero-order valence-corrected chi connectivity index (χ0v) is 17.7. The van der Waals surface area contributed by atoms with Crippen LogP contribution in [-0.2, 0) is 17.9 Å². The zero-order valence-electron chi connectivity index (χ0n) is 16.9. The molecule has 0 radical (unpaired) electrons. The smallest absolute Gasteiger partial charge is 0.284 e. The fourth-order valence-corrected chi connectivity index (χ4v) is 3.48. The van der Waals surface area contributed by atoms with Gasteiger partial charge in [-0.1, -0.05) is 28.9 Å². The summed E-state index contributed by atoms with van der Waals surface area (Å²) in [6.45, 7) is 2.16. The molecule has 1 aliphatic heterocycles. The number of carbonyl (C=O) groups excluding carboxylic acids is 1. The van der Waals surface area contributed by atoms with Gasteiger partial charge in [0.05, 0.1) is 5.69 Å². The van der Waals surface area contributed by atoms with E-state index in [0.717, 1.165) is 11.1 Å². The molecular formula is C21H17ClN6O4. The number of aromatic nitrogens is 5. The summed E-state index contributed by atoms with van der Waals surface area (Å²) in [5.41, 5.74) is 2.29. The maximum absolute atomic E-state index is 12.8. The second-order valence-corrected chi connectivity index (χ2v) is 7.66. The minimum Gasteiger partial charge on any atom is -0.454 e. The summed E-state index contributed by atoms with van der Waals surface area (Å²) in [5.74, 6) is 0.969. The molecule has 32 heavy (non-hydrogen) atoms. The van der Waals surface area contributed by atoms with Crippen molar-refractivity contribution in [1.29, 1.82) is 0 Å². The SMILES string of the molecule is Cc1ccc(-n2nnc3c(=O)n(CC(=O)NCc4ccc5c(c4)OCO5)cnc32)cc1Cl. The Hall–Kier alpha value is -3.92. The van der Waals surface area contributed by atoms with Crippen LogP contribution in [0.3, 0.4) is 0 Å². The highest BCUT2D eigenvalue weighted by Crippen LogP contribution is 2.32. The number of aryl methyl sites for hydroxylation is 1. The molecule has 0 saturated carbocycles. The standard InChI is InChI=1S/C21H17ClN6O4/c1-12-2-4-14(7-15(12)22)28-20-19(25-26-28)21(30)27(10-24-20)9-18(29)23-8-13-3-5-16-17(6-13)32-11-31-16/h2-7,10H,8-9,11H2,1H3,(H,23,29). The Balaban J connectivity index is 1.32. The lowest BCUT2D eigenvalue weighted by Crippen LogP contribution is -2.32. The third-order valence-corrected chi connectivity index (χ3v) is 5.48. The van der Waals surface area contributed by atoms with Gasteiger partial charge in [0.15, 0.2) is 22.7 Å². The van der Waals surface area contributed by atoms with Crippen molar-refractivity contribution < 1.29 is 14.3 Å². The van der Waals surface area contributed by atoms with Crippen LogP contribution in [0.2, 0.25) is 5.02 Å². The van der Waals surface area contributed by atoms with Crippen LogP contribution in [0.1, 0.15) is 11.1 Å². The van der Waals surface area contributed by atoms with E-state index in [0.29, 0.717) is 22.2 Å². The molecule has 0 bridgehead atoms. The van der Waals surface area contributed by atoms with Crippen LogP contribution in [0.25, 0.3) is 16.9 Å². The van der Waals surface area contributed by atoms with E-state index in [1.165, 1.54) is 15.6 Å². The fraction of sp³-hybridized carbons (Fsp3) is 0.190. The molecule has 0 saturated heterocycles. The van der Waals surface area contributed by atoms with Crippen LogP contribution in [0, 0.1) is 6.92 Å². The van der Waals surface area contributed by atoms with Gasteiger partial charge in [-0.05, 0) is 42.3 Å². The van der Waals surface area contributed by atoms with Crippen LogP contribution in [0.4, 0.5) is 0 Å². The molecule has 0 atom stereocenters. The Kier molecular flexibility index (Phi) is 4.98. The van der Waals surface area contributed by atoms with Crippen molar-refractivity contribution in [2.45, 2.75) is 20.0 Å². The molecule has 0 spiro atoms. The second kappa shape index (κ2) is 7.97. The molecule has 2 aromatic carbocycles. The maximum Gasteiger partial charge on any atom is 0.284 e. The van der Waals surface area contributed by atoms with E-state index >= 15 is 0 Å². The number of halogens is 1. The first-order valence-corrected chi connectivity index (χ1v) is 10.1. The number of hydrogen-bond acceptors (Lipinski definition) is 7. The highest BCUT2D eigenvalue weighted by molar-refractivity contribution is 6.31. The topological polar surface area (TPSA) is 113 Å². The molecule has 0 unspecified atom stereocenters. The molecular weight excluding hydrogens is 436 g/mol. The van der Waals surface area contributed by atoms with Crippen molar-refractivity contribution >= 4 is 28.7 Å². The molecule has 10 nitrogen and oxygen atoms in total. The van der Waals surface area contributed by atoms with E-state index < -0.39 is 5.56 Å². The van der Waals surface area contributed by atoms with Crippen molar-refractivity contribution in [3.63, 3.8) is 0 Å². The predicted molar refractivity (Wildman–Crippen MR) is 115 cm³/mol. The Bertz CT molecular complexity index is 1410. The number of fused-ring (bicyclic) bond motifs is 2. The van der Waals surface area contributed by atoms with Gasteiger partial charge in [0.25, 0.3) is 5.56 Å². The second-order valence-electron chi connectivity index (χ2n) is 7.25. The molecule has 162 valence electrons. The molecule has 5 rings (SSSR count). The van der Waals surface area contributed by atoms with Crippen LogP contribution in [-0.4, -0.2) is 37.2 Å². The Morgan fingerprint density at radius 2 is 2.03 bits per heavy atom. The van der Waals surface area contributed by atoms with Crippen molar-refractivity contribution in [2.75, 3.05) is 6.79 Å². The summed E-state index contributed by atoms with van der Waals surface area (Å²) in [4.78, 5) is 29.5. The number of ether oxygens (including phenoxy) is 2. The zero-order chi connectivity index (χ0) is 22.2. The molecule has 4 aromatic rings. The lowest BCUT2D eigenvalue weighted by molar-refractivity contribution is -0.121. The van der Waals surface area contributed by atoms with Gasteiger partial charge in [0, 0.05) is 11.6 Å². The van der Waals surface area contributed by atoms with Gasteiger partial charge in [0.2, 0.25) is 12.7 Å². The van der Waals surface area contributed by atoms with Gasteiger partial charge in [-0.3, -0.25) is 14.2 Å². The van der Waals surface area contributed by atoms with E-state index in [1.807, 2.05) is 25.1 Å². The number of benzene rings is 2. The van der Waals surface area contributed by atoms with Crippen molar-refractivity contribution in [2.24, 2.45) is 0 Å². The molecule has 2 aromatic heterocycles. The maximum atomic E-state index is 12.8. The monoisotopic (exact) mass is 452 g/mol. The lowest BCUT2D eigenvalue weighted by atomic mass is 10.2. The minimum absolute atomic E-state index is 0.0627. The molecule has 1 amide bonds. The van der Waals surface area contributed by atoms with Crippen molar-refractivity contribution in [3.8, 4) is 17.2 Å². The van der Waals surface area contributed by atoms with Gasteiger partial charge < -0.3 is 14.8 Å². The Labute approximate surface area is 186 Å². The van der Waals surface area contributed by atoms with Crippen molar-refractivity contribution in [3.05, 3.63) is 69.2 Å². The van der Waals surface area contributed by atoms with Gasteiger partial charge in [-0.2, -0.15) is 4.68 Å². The average Bonchev–Trinajstić information content (AvgIpc) is 3.43. The number of rotatable bonds is 5. The largest absolute Gasteiger partial charge is 0.454 e. The first kappa shape index (κ1) is 20.0. The molecule has 3 heterocycles. The van der Waals surface area contributed by atoms with Crippen LogP contribution < -0.4 is 20.3 Å². The minimum atomic E-state index is -0.460. The van der Waals surface area contributed by atoms with Crippen LogP contribution in [0.15, 0.2) is 47.5 Å². The summed E-state index contributed by atoms with van der Waals surface area (Å²) in [5, 5.41) is 11.3. The molecule has 11 heteroatoms. The van der Waals surface area contributed by atoms with Crippen LogP contribution >= 0.6 is 11.6 Å². The third kappa shape index (κ3) is 3.65. The highest BCUT2D eigenvalue weighted by atomic mass is 35.5. The quantitative estimate of drug-likeness (QED) is 0.492. The molecule has 1 aliphatic rings. The highest BCUT2D eigenvalue weighted by Gasteiger charge is 2.16. The summed E-state index contributed by atoms with van der Waals surface area (Å²) >= 11 is 6.19. The summed E-state index contributed by atoms with van der Waals surface area (Å²) in [6.07, 6.45) is 1.31.